The predicted molar refractivity (Wildman–Crippen MR) is 72.6 cm³/mol. The Morgan fingerprint density at radius 1 is 1.37 bits per heavy atom. The summed E-state index contributed by atoms with van der Waals surface area (Å²) in [7, 11) is 0. The van der Waals surface area contributed by atoms with E-state index in [2.05, 4.69) is 15.5 Å². The Bertz CT molecular complexity index is 448. The molecule has 1 aromatic heterocycles. The van der Waals surface area contributed by atoms with Crippen LogP contribution in [0.2, 0.25) is 0 Å². The maximum Gasteiger partial charge on any atom is 0.319 e. The van der Waals surface area contributed by atoms with Gasteiger partial charge in [-0.3, -0.25) is 4.79 Å². The molecule has 19 heavy (non-hydrogen) atoms. The van der Waals surface area contributed by atoms with Gasteiger partial charge in [0.05, 0.1) is 12.7 Å². The number of hydrogen-bond donors (Lipinski definition) is 1. The third-order valence-electron chi connectivity index (χ3n) is 3.04. The molecule has 6 nitrogen and oxygen atoms in total. The molecule has 0 bridgehead atoms. The molecule has 2 aliphatic heterocycles. The first-order chi connectivity index (χ1) is 9.31. The number of aromatic nitrogens is 2. The van der Waals surface area contributed by atoms with E-state index in [1.807, 2.05) is 0 Å². The standard InChI is InChI=1S/C11H15N3O3S2/c15-9-8(3-5-17-9)18-11-14-13-10(19-11)12-6-7-2-1-4-16-7/h7-8H,1-6H2,(H,12,13)/t7-,8+/m0/s1. The first-order valence-electron chi connectivity index (χ1n) is 6.33. The summed E-state index contributed by atoms with van der Waals surface area (Å²) in [6, 6.07) is 0. The molecule has 0 spiro atoms. The lowest BCUT2D eigenvalue weighted by Crippen LogP contribution is -2.18. The Kier molecular flexibility index (Phi) is 4.19. The van der Waals surface area contributed by atoms with Crippen molar-refractivity contribution in [1.29, 1.82) is 0 Å². The van der Waals surface area contributed by atoms with Crippen molar-refractivity contribution in [3.63, 3.8) is 0 Å². The second-order valence-electron chi connectivity index (χ2n) is 4.45. The van der Waals surface area contributed by atoms with Crippen molar-refractivity contribution in [3.05, 3.63) is 0 Å². The zero-order valence-electron chi connectivity index (χ0n) is 10.3. The van der Waals surface area contributed by atoms with Gasteiger partial charge in [0.1, 0.15) is 5.25 Å². The van der Waals surface area contributed by atoms with E-state index in [-0.39, 0.29) is 17.3 Å². The minimum Gasteiger partial charge on any atom is -0.465 e. The molecule has 2 aliphatic rings. The fourth-order valence-corrected chi connectivity index (χ4v) is 4.01. The first-order valence-corrected chi connectivity index (χ1v) is 8.03. The van der Waals surface area contributed by atoms with Crippen LogP contribution in [-0.2, 0) is 14.3 Å². The Morgan fingerprint density at radius 3 is 3.05 bits per heavy atom. The minimum atomic E-state index is -0.144. The van der Waals surface area contributed by atoms with E-state index in [0.717, 1.165) is 41.9 Å². The van der Waals surface area contributed by atoms with Gasteiger partial charge in [0.25, 0.3) is 0 Å². The second kappa shape index (κ2) is 6.06. The fraction of sp³-hybridized carbons (Fsp3) is 0.727. The number of esters is 1. The topological polar surface area (TPSA) is 73.3 Å². The highest BCUT2D eigenvalue weighted by atomic mass is 32.2. The summed E-state index contributed by atoms with van der Waals surface area (Å²) >= 11 is 2.91. The van der Waals surface area contributed by atoms with Gasteiger partial charge >= 0.3 is 5.97 Å². The fourth-order valence-electron chi connectivity index (χ4n) is 2.04. The molecule has 3 heterocycles. The van der Waals surface area contributed by atoms with Gasteiger partial charge in [-0.25, -0.2) is 0 Å². The van der Waals surface area contributed by atoms with Crippen molar-refractivity contribution >= 4 is 34.2 Å². The van der Waals surface area contributed by atoms with E-state index in [9.17, 15) is 4.79 Å². The van der Waals surface area contributed by atoms with Crippen LogP contribution < -0.4 is 5.32 Å². The summed E-state index contributed by atoms with van der Waals surface area (Å²) in [6.45, 7) is 2.14. The van der Waals surface area contributed by atoms with E-state index in [4.69, 9.17) is 9.47 Å². The van der Waals surface area contributed by atoms with Gasteiger partial charge in [0.2, 0.25) is 5.13 Å². The van der Waals surface area contributed by atoms with Gasteiger partial charge in [-0.15, -0.1) is 10.2 Å². The average Bonchev–Trinajstić information content (AvgIpc) is 3.12. The van der Waals surface area contributed by atoms with Crippen molar-refractivity contribution in [1.82, 2.24) is 10.2 Å². The summed E-state index contributed by atoms with van der Waals surface area (Å²) in [5.74, 6) is -0.144. The van der Waals surface area contributed by atoms with E-state index in [0.29, 0.717) is 6.61 Å². The highest BCUT2D eigenvalue weighted by molar-refractivity contribution is 8.02. The molecule has 0 aromatic carbocycles. The first kappa shape index (κ1) is 13.1. The Balaban J connectivity index is 1.49. The molecule has 3 rings (SSSR count). The third-order valence-corrected chi connectivity index (χ3v) is 5.25. The summed E-state index contributed by atoms with van der Waals surface area (Å²) in [4.78, 5) is 11.4. The van der Waals surface area contributed by atoms with Gasteiger partial charge in [-0.05, 0) is 12.8 Å². The molecule has 104 valence electrons. The summed E-state index contributed by atoms with van der Waals surface area (Å²) < 4.78 is 11.3. The van der Waals surface area contributed by atoms with Crippen molar-refractivity contribution in [3.8, 4) is 0 Å². The monoisotopic (exact) mass is 301 g/mol. The van der Waals surface area contributed by atoms with Crippen LogP contribution in [0, 0.1) is 0 Å². The number of carbonyl (C=O) groups excluding carboxylic acids is 1. The Morgan fingerprint density at radius 2 is 2.32 bits per heavy atom. The van der Waals surface area contributed by atoms with E-state index < -0.39 is 0 Å². The van der Waals surface area contributed by atoms with Crippen LogP contribution >= 0.6 is 23.1 Å². The quantitative estimate of drug-likeness (QED) is 0.827. The highest BCUT2D eigenvalue weighted by Gasteiger charge is 2.28. The number of anilines is 1. The lowest BCUT2D eigenvalue weighted by molar-refractivity contribution is -0.137. The van der Waals surface area contributed by atoms with Crippen molar-refractivity contribution < 1.29 is 14.3 Å². The average molecular weight is 301 g/mol. The van der Waals surface area contributed by atoms with Crippen LogP contribution in [0.25, 0.3) is 0 Å². The molecule has 0 unspecified atom stereocenters. The molecule has 1 aromatic rings. The number of nitrogens with one attached hydrogen (secondary N) is 1. The van der Waals surface area contributed by atoms with Crippen molar-refractivity contribution in [2.45, 2.75) is 35.0 Å². The predicted octanol–water partition coefficient (Wildman–Crippen LogP) is 1.54. The van der Waals surface area contributed by atoms with E-state index in [1.54, 1.807) is 0 Å². The van der Waals surface area contributed by atoms with Gasteiger partial charge in [0.15, 0.2) is 4.34 Å². The van der Waals surface area contributed by atoms with Crippen LogP contribution in [0.15, 0.2) is 4.34 Å². The SMILES string of the molecule is O=C1OCC[C@H]1Sc1nnc(NC[C@@H]2CCCO2)s1. The summed E-state index contributed by atoms with van der Waals surface area (Å²) in [5.41, 5.74) is 0. The second-order valence-corrected chi connectivity index (χ2v) is 6.88. The van der Waals surface area contributed by atoms with E-state index >= 15 is 0 Å². The molecule has 2 atom stereocenters. The van der Waals surface area contributed by atoms with Crippen molar-refractivity contribution in [2.24, 2.45) is 0 Å². The molecule has 0 aliphatic carbocycles. The number of hydrogen-bond acceptors (Lipinski definition) is 8. The van der Waals surface area contributed by atoms with Gasteiger partial charge in [-0.1, -0.05) is 23.1 Å². The number of nitrogens with zero attached hydrogens (tertiary/aromatic N) is 2. The number of cyclic esters (lactones) is 1. The lowest BCUT2D eigenvalue weighted by Gasteiger charge is -2.08. The Hall–Kier alpha value is -0.860. The number of carbonyl (C=O) groups is 1. The highest BCUT2D eigenvalue weighted by Crippen LogP contribution is 2.33. The molecule has 0 amide bonds. The summed E-state index contributed by atoms with van der Waals surface area (Å²) in [6.07, 6.45) is 3.26. The molecular formula is C11H15N3O3S2. The van der Waals surface area contributed by atoms with Gasteiger partial charge in [0, 0.05) is 19.6 Å². The molecular weight excluding hydrogens is 286 g/mol. The Labute approximate surface area is 119 Å². The van der Waals surface area contributed by atoms with Crippen LogP contribution in [0.3, 0.4) is 0 Å². The molecule has 0 saturated carbocycles. The van der Waals surface area contributed by atoms with Crippen LogP contribution in [0.5, 0.6) is 0 Å². The molecule has 0 radical (unpaired) electrons. The minimum absolute atomic E-state index is 0.126. The molecule has 1 N–H and O–H groups in total. The third kappa shape index (κ3) is 3.37. The normalized spacial score (nSPS) is 26.6. The number of thioether (sulfide) groups is 1. The largest absolute Gasteiger partial charge is 0.465 e. The van der Waals surface area contributed by atoms with Crippen LogP contribution in [-0.4, -0.2) is 47.3 Å². The van der Waals surface area contributed by atoms with Gasteiger partial charge in [-0.2, -0.15) is 0 Å². The maximum absolute atomic E-state index is 11.4. The molecule has 8 heteroatoms. The number of ether oxygens (including phenoxy) is 2. The summed E-state index contributed by atoms with van der Waals surface area (Å²) in [5, 5.41) is 12.0. The molecule has 2 fully saturated rings. The van der Waals surface area contributed by atoms with Crippen molar-refractivity contribution in [2.75, 3.05) is 25.1 Å². The lowest BCUT2D eigenvalue weighted by atomic mass is 10.2. The maximum atomic E-state index is 11.4. The zero-order valence-corrected chi connectivity index (χ0v) is 12.0. The molecule has 2 saturated heterocycles. The smallest absolute Gasteiger partial charge is 0.319 e. The zero-order chi connectivity index (χ0) is 13.1. The van der Waals surface area contributed by atoms with Crippen LogP contribution in [0.4, 0.5) is 5.13 Å². The van der Waals surface area contributed by atoms with Crippen LogP contribution in [0.1, 0.15) is 19.3 Å². The van der Waals surface area contributed by atoms with Gasteiger partial charge < -0.3 is 14.8 Å². The van der Waals surface area contributed by atoms with E-state index in [1.165, 1.54) is 23.1 Å². The number of rotatable bonds is 5.